The van der Waals surface area contributed by atoms with Gasteiger partial charge < -0.3 is 10.4 Å². The normalized spacial score (nSPS) is 13.6. The molecule has 1 unspecified atom stereocenters. The average Bonchev–Trinajstić information content (AvgIpc) is 2.38. The molecular weight excluding hydrogens is 256 g/mol. The van der Waals surface area contributed by atoms with Gasteiger partial charge in [0.1, 0.15) is 4.90 Å². The fourth-order valence-electron chi connectivity index (χ4n) is 1.22. The number of likely N-dealkylation sites (N-methyl/N-ethyl adjacent to an activating group) is 1. The van der Waals surface area contributed by atoms with Gasteiger partial charge in [-0.1, -0.05) is 0 Å². The van der Waals surface area contributed by atoms with Crippen LogP contribution in [0, 0.1) is 0 Å². The Kier molecular flexibility index (Phi) is 5.00. The first-order valence-corrected chi connectivity index (χ1v) is 7.02. The molecule has 1 rings (SSSR count). The zero-order valence-corrected chi connectivity index (χ0v) is 11.5. The Bertz CT molecular complexity index is 474. The molecule has 0 saturated carbocycles. The molecule has 1 atom stereocenters. The molecule has 0 fully saturated rings. The summed E-state index contributed by atoms with van der Waals surface area (Å²) in [6.45, 7) is 3.93. The molecule has 7 nitrogen and oxygen atoms in total. The first-order chi connectivity index (χ1) is 8.43. The summed E-state index contributed by atoms with van der Waals surface area (Å²) < 4.78 is 25.3. The second kappa shape index (κ2) is 6.07. The first-order valence-electron chi connectivity index (χ1n) is 5.58. The second-order valence-electron chi connectivity index (χ2n) is 3.83. The molecule has 1 aromatic heterocycles. The van der Waals surface area contributed by atoms with Crippen LogP contribution in [0.3, 0.4) is 0 Å². The van der Waals surface area contributed by atoms with Gasteiger partial charge in [-0.3, -0.25) is 0 Å². The maximum Gasteiger partial charge on any atom is 0.246 e. The lowest BCUT2D eigenvalue weighted by molar-refractivity contribution is 0.214. The Labute approximate surface area is 107 Å². The number of hydrogen-bond acceptors (Lipinski definition) is 6. The van der Waals surface area contributed by atoms with E-state index in [2.05, 4.69) is 15.3 Å². The van der Waals surface area contributed by atoms with Crippen molar-refractivity contribution in [2.45, 2.75) is 24.8 Å². The molecule has 8 heteroatoms. The molecule has 18 heavy (non-hydrogen) atoms. The van der Waals surface area contributed by atoms with Gasteiger partial charge in [0.05, 0.1) is 19.0 Å². The maximum absolute atomic E-state index is 12.1. The number of nitrogens with one attached hydrogen (secondary N) is 1. The predicted molar refractivity (Wildman–Crippen MR) is 67.7 cm³/mol. The van der Waals surface area contributed by atoms with Gasteiger partial charge in [0.25, 0.3) is 0 Å². The lowest BCUT2D eigenvalue weighted by Gasteiger charge is -2.22. The van der Waals surface area contributed by atoms with Gasteiger partial charge in [-0.05, 0) is 13.8 Å². The smallest absolute Gasteiger partial charge is 0.246 e. The highest BCUT2D eigenvalue weighted by Gasteiger charge is 2.25. The number of rotatable bonds is 6. The number of hydrogen-bond donors (Lipinski definition) is 2. The van der Waals surface area contributed by atoms with Gasteiger partial charge >= 0.3 is 0 Å². The van der Waals surface area contributed by atoms with Crippen molar-refractivity contribution in [2.24, 2.45) is 0 Å². The fraction of sp³-hybridized carbons (Fsp3) is 0.600. The summed E-state index contributed by atoms with van der Waals surface area (Å²) in [5, 5.41) is 11.9. The summed E-state index contributed by atoms with van der Waals surface area (Å²) in [5.74, 6) is 0.384. The molecule has 0 aromatic carbocycles. The summed E-state index contributed by atoms with van der Waals surface area (Å²) in [6.07, 6.45) is 2.50. The van der Waals surface area contributed by atoms with Crippen LogP contribution in [0.25, 0.3) is 0 Å². The summed E-state index contributed by atoms with van der Waals surface area (Å²) in [4.78, 5) is 7.83. The van der Waals surface area contributed by atoms with E-state index in [4.69, 9.17) is 5.11 Å². The molecule has 1 aromatic rings. The quantitative estimate of drug-likeness (QED) is 0.752. The van der Waals surface area contributed by atoms with Crippen LogP contribution in [-0.4, -0.2) is 54.0 Å². The van der Waals surface area contributed by atoms with Crippen molar-refractivity contribution in [3.05, 3.63) is 12.4 Å². The number of nitrogens with zero attached hydrogens (tertiary/aromatic N) is 3. The lowest BCUT2D eigenvalue weighted by Crippen LogP contribution is -2.37. The average molecular weight is 274 g/mol. The van der Waals surface area contributed by atoms with E-state index in [1.165, 1.54) is 19.4 Å². The maximum atomic E-state index is 12.1. The molecular formula is C10H18N4O3S. The SMILES string of the molecule is CCNc1ncc(S(=O)(=O)N(C)C(C)CO)cn1. The van der Waals surface area contributed by atoms with Crippen LogP contribution < -0.4 is 5.32 Å². The summed E-state index contributed by atoms with van der Waals surface area (Å²) in [5.41, 5.74) is 0. The van der Waals surface area contributed by atoms with Gasteiger partial charge in [0, 0.05) is 19.6 Å². The Morgan fingerprint density at radius 1 is 1.44 bits per heavy atom. The Morgan fingerprint density at radius 3 is 2.44 bits per heavy atom. The van der Waals surface area contributed by atoms with Gasteiger partial charge in [0.2, 0.25) is 16.0 Å². The molecule has 0 aliphatic heterocycles. The highest BCUT2D eigenvalue weighted by Crippen LogP contribution is 2.15. The van der Waals surface area contributed by atoms with E-state index in [9.17, 15) is 8.42 Å². The Hall–Kier alpha value is -1.25. The van der Waals surface area contributed by atoms with Crippen LogP contribution in [0.1, 0.15) is 13.8 Å². The van der Waals surface area contributed by atoms with E-state index in [-0.39, 0.29) is 11.5 Å². The van der Waals surface area contributed by atoms with E-state index in [0.717, 1.165) is 4.31 Å². The summed E-state index contributed by atoms with van der Waals surface area (Å²) in [6, 6.07) is -0.497. The van der Waals surface area contributed by atoms with Crippen LogP contribution in [0.4, 0.5) is 5.95 Å². The predicted octanol–water partition coefficient (Wildman–Crippen LogP) is -0.0903. The number of aliphatic hydroxyl groups is 1. The second-order valence-corrected chi connectivity index (χ2v) is 5.82. The van der Waals surface area contributed by atoms with E-state index < -0.39 is 16.1 Å². The Morgan fingerprint density at radius 2 is 2.00 bits per heavy atom. The van der Waals surface area contributed by atoms with Gasteiger partial charge in [-0.25, -0.2) is 18.4 Å². The minimum Gasteiger partial charge on any atom is -0.395 e. The van der Waals surface area contributed by atoms with E-state index in [1.54, 1.807) is 6.92 Å². The van der Waals surface area contributed by atoms with Crippen LogP contribution >= 0.6 is 0 Å². The largest absolute Gasteiger partial charge is 0.395 e. The minimum atomic E-state index is -3.66. The van der Waals surface area contributed by atoms with Crippen LogP contribution in [0.15, 0.2) is 17.3 Å². The number of aliphatic hydroxyl groups excluding tert-OH is 1. The van der Waals surface area contributed by atoms with E-state index in [1.807, 2.05) is 6.92 Å². The molecule has 2 N–H and O–H groups in total. The van der Waals surface area contributed by atoms with Crippen molar-refractivity contribution in [3.8, 4) is 0 Å². The molecule has 0 aliphatic carbocycles. The third kappa shape index (κ3) is 3.15. The zero-order chi connectivity index (χ0) is 13.8. The number of sulfonamides is 1. The third-order valence-corrected chi connectivity index (χ3v) is 4.45. The molecule has 0 spiro atoms. The van der Waals surface area contributed by atoms with Crippen molar-refractivity contribution in [2.75, 3.05) is 25.5 Å². The highest BCUT2D eigenvalue weighted by atomic mass is 32.2. The first kappa shape index (κ1) is 14.8. The minimum absolute atomic E-state index is 0.00644. The summed E-state index contributed by atoms with van der Waals surface area (Å²) in [7, 11) is -2.25. The molecule has 0 saturated heterocycles. The number of aromatic nitrogens is 2. The van der Waals surface area contributed by atoms with Gasteiger partial charge in [-0.15, -0.1) is 0 Å². The summed E-state index contributed by atoms with van der Waals surface area (Å²) >= 11 is 0. The van der Waals surface area contributed by atoms with Crippen molar-refractivity contribution in [3.63, 3.8) is 0 Å². The van der Waals surface area contributed by atoms with Crippen LogP contribution in [-0.2, 0) is 10.0 Å². The lowest BCUT2D eigenvalue weighted by atomic mass is 10.4. The van der Waals surface area contributed by atoms with Crippen molar-refractivity contribution >= 4 is 16.0 Å². The molecule has 0 bridgehead atoms. The fourth-order valence-corrected chi connectivity index (χ4v) is 2.46. The number of anilines is 1. The van der Waals surface area contributed by atoms with Crippen molar-refractivity contribution < 1.29 is 13.5 Å². The molecule has 0 amide bonds. The topological polar surface area (TPSA) is 95.4 Å². The third-order valence-electron chi connectivity index (χ3n) is 2.52. The van der Waals surface area contributed by atoms with Gasteiger partial charge in [-0.2, -0.15) is 4.31 Å². The molecule has 0 aliphatic rings. The molecule has 1 heterocycles. The Balaban J connectivity index is 2.98. The van der Waals surface area contributed by atoms with Gasteiger partial charge in [0.15, 0.2) is 0 Å². The standard InChI is InChI=1S/C10H18N4O3S/c1-4-11-10-12-5-9(6-13-10)18(16,17)14(3)8(2)7-15/h5-6,8,15H,4,7H2,1-3H3,(H,11,12,13). The van der Waals surface area contributed by atoms with Crippen LogP contribution in [0.2, 0.25) is 0 Å². The monoisotopic (exact) mass is 274 g/mol. The van der Waals surface area contributed by atoms with Crippen LogP contribution in [0.5, 0.6) is 0 Å². The zero-order valence-electron chi connectivity index (χ0n) is 10.7. The van der Waals surface area contributed by atoms with Crippen molar-refractivity contribution in [1.29, 1.82) is 0 Å². The van der Waals surface area contributed by atoms with E-state index in [0.29, 0.717) is 12.5 Å². The van der Waals surface area contributed by atoms with Crippen molar-refractivity contribution in [1.82, 2.24) is 14.3 Å². The molecule has 0 radical (unpaired) electrons. The highest BCUT2D eigenvalue weighted by molar-refractivity contribution is 7.89. The molecule has 102 valence electrons. The van der Waals surface area contributed by atoms with E-state index >= 15 is 0 Å².